The van der Waals surface area contributed by atoms with E-state index in [4.69, 9.17) is 4.74 Å². The van der Waals surface area contributed by atoms with Gasteiger partial charge >= 0.3 is 0 Å². The first-order chi connectivity index (χ1) is 6.84. The van der Waals surface area contributed by atoms with Crippen LogP contribution in [-0.4, -0.2) is 25.3 Å². The Bertz CT molecular complexity index is 166. The second kappa shape index (κ2) is 5.13. The lowest BCUT2D eigenvalue weighted by atomic mass is 9.91. The largest absolute Gasteiger partial charge is 0.378 e. The van der Waals surface area contributed by atoms with Crippen molar-refractivity contribution in [2.75, 3.05) is 13.2 Å². The van der Waals surface area contributed by atoms with Crippen LogP contribution in [0.1, 0.15) is 45.4 Å². The molecule has 1 N–H and O–H groups in total. The van der Waals surface area contributed by atoms with Crippen LogP contribution in [0.15, 0.2) is 0 Å². The van der Waals surface area contributed by atoms with Crippen LogP contribution in [0.3, 0.4) is 0 Å². The van der Waals surface area contributed by atoms with Crippen molar-refractivity contribution in [3.63, 3.8) is 0 Å². The predicted molar refractivity (Wildman–Crippen MR) is 58.4 cm³/mol. The number of rotatable bonds is 3. The standard InChI is InChI=1S/C12H23NO/c1-10-6-7-13-11(9-10)4-5-12-3-2-8-14-12/h10-13H,2-9H2,1H3. The van der Waals surface area contributed by atoms with Crippen molar-refractivity contribution in [2.24, 2.45) is 5.92 Å². The van der Waals surface area contributed by atoms with Gasteiger partial charge in [-0.1, -0.05) is 6.92 Å². The molecule has 2 heteroatoms. The molecular weight excluding hydrogens is 174 g/mol. The molecule has 3 atom stereocenters. The molecule has 0 aliphatic carbocycles. The van der Waals surface area contributed by atoms with Crippen LogP contribution in [0.5, 0.6) is 0 Å². The molecule has 3 unspecified atom stereocenters. The summed E-state index contributed by atoms with van der Waals surface area (Å²) in [5.41, 5.74) is 0. The van der Waals surface area contributed by atoms with Gasteiger partial charge in [-0.2, -0.15) is 0 Å². The van der Waals surface area contributed by atoms with E-state index in [1.54, 1.807) is 0 Å². The highest BCUT2D eigenvalue weighted by atomic mass is 16.5. The molecule has 0 saturated carbocycles. The molecule has 2 fully saturated rings. The average Bonchev–Trinajstić information content (AvgIpc) is 2.67. The van der Waals surface area contributed by atoms with E-state index in [9.17, 15) is 0 Å². The highest BCUT2D eigenvalue weighted by molar-refractivity contribution is 4.78. The minimum Gasteiger partial charge on any atom is -0.378 e. The third-order valence-corrected chi connectivity index (χ3v) is 3.62. The average molecular weight is 197 g/mol. The zero-order chi connectivity index (χ0) is 9.80. The molecule has 0 aromatic carbocycles. The van der Waals surface area contributed by atoms with E-state index in [0.717, 1.165) is 18.6 Å². The Morgan fingerprint density at radius 2 is 2.21 bits per heavy atom. The maximum Gasteiger partial charge on any atom is 0.0576 e. The predicted octanol–water partition coefficient (Wildman–Crippen LogP) is 2.33. The van der Waals surface area contributed by atoms with Crippen LogP contribution in [0.25, 0.3) is 0 Å². The molecule has 2 saturated heterocycles. The smallest absolute Gasteiger partial charge is 0.0576 e. The van der Waals surface area contributed by atoms with Crippen LogP contribution in [-0.2, 0) is 4.74 Å². The van der Waals surface area contributed by atoms with Gasteiger partial charge in [-0.15, -0.1) is 0 Å². The van der Waals surface area contributed by atoms with Gasteiger partial charge in [0.05, 0.1) is 6.10 Å². The van der Waals surface area contributed by atoms with Crippen LogP contribution >= 0.6 is 0 Å². The van der Waals surface area contributed by atoms with Gasteiger partial charge in [0, 0.05) is 12.6 Å². The van der Waals surface area contributed by atoms with Crippen molar-refractivity contribution in [3.05, 3.63) is 0 Å². The quantitative estimate of drug-likeness (QED) is 0.750. The van der Waals surface area contributed by atoms with Crippen LogP contribution < -0.4 is 5.32 Å². The fourth-order valence-electron chi connectivity index (χ4n) is 2.70. The van der Waals surface area contributed by atoms with Gasteiger partial charge in [-0.3, -0.25) is 0 Å². The summed E-state index contributed by atoms with van der Waals surface area (Å²) in [4.78, 5) is 0. The van der Waals surface area contributed by atoms with Crippen molar-refractivity contribution in [3.8, 4) is 0 Å². The third kappa shape index (κ3) is 2.96. The number of nitrogens with one attached hydrogen (secondary N) is 1. The minimum atomic E-state index is 0.578. The first kappa shape index (κ1) is 10.4. The Kier molecular flexibility index (Phi) is 3.82. The molecular formula is C12H23NO. The Hall–Kier alpha value is -0.0800. The van der Waals surface area contributed by atoms with E-state index in [2.05, 4.69) is 12.2 Å². The number of hydrogen-bond donors (Lipinski definition) is 1. The molecule has 2 nitrogen and oxygen atoms in total. The lowest BCUT2D eigenvalue weighted by Crippen LogP contribution is -2.37. The zero-order valence-corrected chi connectivity index (χ0v) is 9.30. The van der Waals surface area contributed by atoms with Crippen molar-refractivity contribution in [1.82, 2.24) is 5.32 Å². The summed E-state index contributed by atoms with van der Waals surface area (Å²) in [6.45, 7) is 4.59. The number of piperidine rings is 1. The fourth-order valence-corrected chi connectivity index (χ4v) is 2.70. The van der Waals surface area contributed by atoms with Gasteiger partial charge in [0.15, 0.2) is 0 Å². The summed E-state index contributed by atoms with van der Waals surface area (Å²) in [6.07, 6.45) is 8.46. The van der Waals surface area contributed by atoms with Crippen molar-refractivity contribution < 1.29 is 4.74 Å². The second-order valence-electron chi connectivity index (χ2n) is 4.99. The topological polar surface area (TPSA) is 21.3 Å². The summed E-state index contributed by atoms with van der Waals surface area (Å²) in [6, 6.07) is 0.767. The number of ether oxygens (including phenoxy) is 1. The van der Waals surface area contributed by atoms with E-state index < -0.39 is 0 Å². The monoisotopic (exact) mass is 197 g/mol. The number of hydrogen-bond acceptors (Lipinski definition) is 2. The van der Waals surface area contributed by atoms with Gasteiger partial charge in [-0.25, -0.2) is 0 Å². The molecule has 0 amide bonds. The molecule has 0 bridgehead atoms. The third-order valence-electron chi connectivity index (χ3n) is 3.62. The Balaban J connectivity index is 1.64. The van der Waals surface area contributed by atoms with Crippen LogP contribution in [0, 0.1) is 5.92 Å². The van der Waals surface area contributed by atoms with Gasteiger partial charge in [0.2, 0.25) is 0 Å². The van der Waals surface area contributed by atoms with Gasteiger partial charge in [0.25, 0.3) is 0 Å². The first-order valence-corrected chi connectivity index (χ1v) is 6.19. The maximum absolute atomic E-state index is 5.64. The van der Waals surface area contributed by atoms with Crippen LogP contribution in [0.2, 0.25) is 0 Å². The SMILES string of the molecule is CC1CCNC(CCC2CCCO2)C1. The molecule has 0 spiro atoms. The zero-order valence-electron chi connectivity index (χ0n) is 9.30. The van der Waals surface area contributed by atoms with Crippen molar-refractivity contribution in [1.29, 1.82) is 0 Å². The first-order valence-electron chi connectivity index (χ1n) is 6.19. The molecule has 2 rings (SSSR count). The van der Waals surface area contributed by atoms with Crippen LogP contribution in [0.4, 0.5) is 0 Å². The van der Waals surface area contributed by atoms with Gasteiger partial charge < -0.3 is 10.1 Å². The van der Waals surface area contributed by atoms with Gasteiger partial charge in [-0.05, 0) is 51.0 Å². The maximum atomic E-state index is 5.64. The molecule has 2 heterocycles. The summed E-state index contributed by atoms with van der Waals surface area (Å²) >= 11 is 0. The molecule has 0 radical (unpaired) electrons. The summed E-state index contributed by atoms with van der Waals surface area (Å²) < 4.78 is 5.64. The Morgan fingerprint density at radius 1 is 1.29 bits per heavy atom. The highest BCUT2D eigenvalue weighted by Crippen LogP contribution is 2.22. The normalized spacial score (nSPS) is 38.8. The molecule has 0 aromatic heterocycles. The molecule has 2 aliphatic heterocycles. The van der Waals surface area contributed by atoms with E-state index in [0.29, 0.717) is 6.10 Å². The van der Waals surface area contributed by atoms with Crippen molar-refractivity contribution >= 4 is 0 Å². The Labute approximate surface area is 87.4 Å². The second-order valence-corrected chi connectivity index (χ2v) is 4.99. The Morgan fingerprint density at radius 3 is 2.93 bits per heavy atom. The van der Waals surface area contributed by atoms with E-state index in [1.807, 2.05) is 0 Å². The molecule has 0 aromatic rings. The highest BCUT2D eigenvalue weighted by Gasteiger charge is 2.21. The molecule has 2 aliphatic rings. The van der Waals surface area contributed by atoms with E-state index >= 15 is 0 Å². The van der Waals surface area contributed by atoms with E-state index in [1.165, 1.54) is 45.1 Å². The summed E-state index contributed by atoms with van der Waals surface area (Å²) in [7, 11) is 0. The fraction of sp³-hybridized carbons (Fsp3) is 1.00. The lowest BCUT2D eigenvalue weighted by Gasteiger charge is -2.28. The van der Waals surface area contributed by atoms with Crippen molar-refractivity contribution in [2.45, 2.75) is 57.6 Å². The van der Waals surface area contributed by atoms with E-state index in [-0.39, 0.29) is 0 Å². The molecule has 82 valence electrons. The van der Waals surface area contributed by atoms with Gasteiger partial charge in [0.1, 0.15) is 0 Å². The summed E-state index contributed by atoms with van der Waals surface area (Å²) in [5, 5.41) is 3.62. The lowest BCUT2D eigenvalue weighted by molar-refractivity contribution is 0.0975. The molecule has 14 heavy (non-hydrogen) atoms. The summed E-state index contributed by atoms with van der Waals surface area (Å²) in [5.74, 6) is 0.922. The minimum absolute atomic E-state index is 0.578.